The predicted octanol–water partition coefficient (Wildman–Crippen LogP) is 3.31. The van der Waals surface area contributed by atoms with Crippen molar-refractivity contribution in [1.29, 1.82) is 0 Å². The molecule has 0 amide bonds. The minimum atomic E-state index is 0.156. The summed E-state index contributed by atoms with van der Waals surface area (Å²) in [6.07, 6.45) is 9.11. The summed E-state index contributed by atoms with van der Waals surface area (Å²) in [5.74, 6) is 0. The third-order valence-corrected chi connectivity index (χ3v) is 5.10. The van der Waals surface area contributed by atoms with Crippen LogP contribution in [0.2, 0.25) is 0 Å². The van der Waals surface area contributed by atoms with Crippen molar-refractivity contribution in [3.05, 3.63) is 29.6 Å². The number of piperidine rings is 1. The van der Waals surface area contributed by atoms with Crippen LogP contribution in [0.15, 0.2) is 18.5 Å². The molecule has 1 N–H and O–H groups in total. The van der Waals surface area contributed by atoms with Crippen LogP contribution in [0.5, 0.6) is 0 Å². The molecule has 1 saturated heterocycles. The molecular formula is C17H29N3. The second-order valence-corrected chi connectivity index (χ2v) is 6.21. The normalized spacial score (nSPS) is 21.4. The number of aromatic nitrogens is 1. The van der Waals surface area contributed by atoms with Gasteiger partial charge in [0.2, 0.25) is 0 Å². The molecule has 1 aliphatic heterocycles. The summed E-state index contributed by atoms with van der Waals surface area (Å²) in [4.78, 5) is 7.03. The molecule has 0 spiro atoms. The summed E-state index contributed by atoms with van der Waals surface area (Å²) >= 11 is 0. The van der Waals surface area contributed by atoms with Gasteiger partial charge >= 0.3 is 0 Å². The fourth-order valence-electron chi connectivity index (χ4n) is 3.59. The van der Waals surface area contributed by atoms with Crippen LogP contribution in [0, 0.1) is 6.92 Å². The van der Waals surface area contributed by atoms with E-state index in [1.165, 1.54) is 43.5 Å². The van der Waals surface area contributed by atoms with Gasteiger partial charge in [0.1, 0.15) is 0 Å². The molecule has 2 rings (SSSR count). The number of hydrogen-bond donors (Lipinski definition) is 1. The number of likely N-dealkylation sites (N-methyl/N-ethyl adjacent to an activating group) is 1. The van der Waals surface area contributed by atoms with Gasteiger partial charge in [-0.15, -0.1) is 0 Å². The highest BCUT2D eigenvalue weighted by molar-refractivity contribution is 5.28. The van der Waals surface area contributed by atoms with E-state index in [1.54, 1.807) is 0 Å². The summed E-state index contributed by atoms with van der Waals surface area (Å²) in [5.41, 5.74) is 2.82. The molecule has 1 aromatic heterocycles. The zero-order chi connectivity index (χ0) is 14.6. The molecule has 112 valence electrons. The maximum Gasteiger partial charge on any atom is 0.0519 e. The number of pyridine rings is 1. The van der Waals surface area contributed by atoms with Crippen molar-refractivity contribution in [3.63, 3.8) is 0 Å². The third-order valence-electron chi connectivity index (χ3n) is 5.10. The van der Waals surface area contributed by atoms with Gasteiger partial charge in [-0.05, 0) is 70.4 Å². The number of rotatable bonds is 5. The van der Waals surface area contributed by atoms with Crippen molar-refractivity contribution in [3.8, 4) is 0 Å². The second-order valence-electron chi connectivity index (χ2n) is 6.21. The Bertz CT molecular complexity index is 426. The maximum atomic E-state index is 4.35. The smallest absolute Gasteiger partial charge is 0.0519 e. The molecule has 2 heterocycles. The lowest BCUT2D eigenvalue weighted by molar-refractivity contribution is 0.0445. The molecule has 20 heavy (non-hydrogen) atoms. The van der Waals surface area contributed by atoms with Crippen LogP contribution in [0.1, 0.15) is 56.7 Å². The van der Waals surface area contributed by atoms with Gasteiger partial charge in [0.15, 0.2) is 0 Å². The molecule has 3 nitrogen and oxygen atoms in total. The van der Waals surface area contributed by atoms with Crippen molar-refractivity contribution in [2.24, 2.45) is 0 Å². The van der Waals surface area contributed by atoms with Gasteiger partial charge in [0.25, 0.3) is 0 Å². The molecule has 2 atom stereocenters. The molecule has 0 saturated carbocycles. The average Bonchev–Trinajstić information content (AvgIpc) is 2.50. The van der Waals surface area contributed by atoms with Crippen molar-refractivity contribution in [2.75, 3.05) is 20.1 Å². The molecule has 0 aromatic carbocycles. The highest BCUT2D eigenvalue weighted by atomic mass is 15.2. The van der Waals surface area contributed by atoms with Gasteiger partial charge in [-0.2, -0.15) is 0 Å². The van der Waals surface area contributed by atoms with E-state index >= 15 is 0 Å². The monoisotopic (exact) mass is 275 g/mol. The maximum absolute atomic E-state index is 4.35. The first kappa shape index (κ1) is 15.5. The van der Waals surface area contributed by atoms with E-state index in [9.17, 15) is 0 Å². The highest BCUT2D eigenvalue weighted by Gasteiger charge is 2.39. The van der Waals surface area contributed by atoms with Gasteiger partial charge in [-0.3, -0.25) is 9.88 Å². The molecule has 3 heteroatoms. The molecule has 1 aliphatic rings. The summed E-state index contributed by atoms with van der Waals surface area (Å²) in [7, 11) is 2.08. The number of hydrogen-bond acceptors (Lipinski definition) is 3. The summed E-state index contributed by atoms with van der Waals surface area (Å²) in [5, 5.41) is 3.57. The molecule has 0 bridgehead atoms. The molecule has 1 aromatic rings. The van der Waals surface area contributed by atoms with Gasteiger partial charge in [-0.25, -0.2) is 0 Å². The van der Waals surface area contributed by atoms with Crippen LogP contribution < -0.4 is 5.32 Å². The first-order valence-corrected chi connectivity index (χ1v) is 7.96. The van der Waals surface area contributed by atoms with E-state index in [0.29, 0.717) is 6.04 Å². The minimum absolute atomic E-state index is 0.156. The Hall–Kier alpha value is -0.930. The van der Waals surface area contributed by atoms with Gasteiger partial charge in [0, 0.05) is 17.9 Å². The van der Waals surface area contributed by atoms with E-state index in [2.05, 4.69) is 49.1 Å². The fraction of sp³-hybridized carbons (Fsp3) is 0.706. The SMILES string of the molecule is CCC(C)(C(NC)c1cnccc1C)N1CCCCC1. The predicted molar refractivity (Wildman–Crippen MR) is 84.9 cm³/mol. The van der Waals surface area contributed by atoms with Crippen molar-refractivity contribution < 1.29 is 0 Å². The van der Waals surface area contributed by atoms with Crippen LogP contribution in [0.3, 0.4) is 0 Å². The number of nitrogens with one attached hydrogen (secondary N) is 1. The van der Waals surface area contributed by atoms with Crippen LogP contribution >= 0.6 is 0 Å². The van der Waals surface area contributed by atoms with Gasteiger partial charge in [0.05, 0.1) is 6.04 Å². The van der Waals surface area contributed by atoms with Crippen molar-refractivity contribution >= 4 is 0 Å². The molecule has 0 radical (unpaired) electrons. The molecular weight excluding hydrogens is 246 g/mol. The Morgan fingerprint density at radius 3 is 2.60 bits per heavy atom. The number of likely N-dealkylation sites (tertiary alicyclic amines) is 1. The van der Waals surface area contributed by atoms with Crippen LogP contribution in [-0.4, -0.2) is 35.6 Å². The van der Waals surface area contributed by atoms with Crippen molar-refractivity contribution in [2.45, 2.75) is 58.0 Å². The van der Waals surface area contributed by atoms with E-state index < -0.39 is 0 Å². The third kappa shape index (κ3) is 2.89. The lowest BCUT2D eigenvalue weighted by Crippen LogP contribution is -2.55. The first-order chi connectivity index (χ1) is 9.63. The Kier molecular flexibility index (Phi) is 5.17. The zero-order valence-electron chi connectivity index (χ0n) is 13.4. The minimum Gasteiger partial charge on any atom is -0.311 e. The molecule has 0 aliphatic carbocycles. The lowest BCUT2D eigenvalue weighted by Gasteiger charge is -2.48. The quantitative estimate of drug-likeness (QED) is 0.893. The summed E-state index contributed by atoms with van der Waals surface area (Å²) < 4.78 is 0. The molecule has 1 fully saturated rings. The summed E-state index contributed by atoms with van der Waals surface area (Å²) in [6, 6.07) is 2.45. The fourth-order valence-corrected chi connectivity index (χ4v) is 3.59. The standard InChI is InChI=1S/C17H29N3/c1-5-17(3,20-11-7-6-8-12-20)16(18-4)15-13-19-10-9-14(15)2/h9-10,13,16,18H,5-8,11-12H2,1-4H3. The largest absolute Gasteiger partial charge is 0.311 e. The lowest BCUT2D eigenvalue weighted by atomic mass is 9.81. The van der Waals surface area contributed by atoms with Crippen LogP contribution in [0.4, 0.5) is 0 Å². The van der Waals surface area contributed by atoms with Crippen LogP contribution in [-0.2, 0) is 0 Å². The highest BCUT2D eigenvalue weighted by Crippen LogP contribution is 2.36. The van der Waals surface area contributed by atoms with Gasteiger partial charge in [-0.1, -0.05) is 13.3 Å². The number of nitrogens with zero attached hydrogens (tertiary/aromatic N) is 2. The Balaban J connectivity index is 2.33. The second kappa shape index (κ2) is 6.68. The van der Waals surface area contributed by atoms with E-state index in [0.717, 1.165) is 6.42 Å². The van der Waals surface area contributed by atoms with Gasteiger partial charge < -0.3 is 5.32 Å². The van der Waals surface area contributed by atoms with E-state index in [4.69, 9.17) is 0 Å². The molecule has 2 unspecified atom stereocenters. The Morgan fingerprint density at radius 2 is 2.05 bits per heavy atom. The summed E-state index contributed by atoms with van der Waals surface area (Å²) in [6.45, 7) is 9.36. The first-order valence-electron chi connectivity index (χ1n) is 7.96. The average molecular weight is 275 g/mol. The van der Waals surface area contributed by atoms with Crippen LogP contribution in [0.25, 0.3) is 0 Å². The zero-order valence-corrected chi connectivity index (χ0v) is 13.4. The Morgan fingerprint density at radius 1 is 1.35 bits per heavy atom. The van der Waals surface area contributed by atoms with E-state index in [1.807, 2.05) is 12.4 Å². The van der Waals surface area contributed by atoms with E-state index in [-0.39, 0.29) is 5.54 Å². The number of aryl methyl sites for hydroxylation is 1. The van der Waals surface area contributed by atoms with Crippen molar-refractivity contribution in [1.82, 2.24) is 15.2 Å². The topological polar surface area (TPSA) is 28.2 Å². The Labute approximate surface area is 123 Å².